The van der Waals surface area contributed by atoms with E-state index in [0.717, 1.165) is 22.9 Å². The molecule has 7 nitrogen and oxygen atoms in total. The van der Waals surface area contributed by atoms with Crippen molar-refractivity contribution in [1.82, 2.24) is 9.88 Å². The van der Waals surface area contributed by atoms with Gasteiger partial charge in [-0.3, -0.25) is 14.4 Å². The van der Waals surface area contributed by atoms with E-state index in [4.69, 9.17) is 10.5 Å². The number of hydrogen-bond acceptors (Lipinski definition) is 4. The molecule has 1 aromatic carbocycles. The highest BCUT2D eigenvalue weighted by Crippen LogP contribution is 2.19. The number of hydrogen-bond donors (Lipinski definition) is 2. The number of aromatic amines is 1. The highest BCUT2D eigenvalue weighted by Gasteiger charge is 2.27. The summed E-state index contributed by atoms with van der Waals surface area (Å²) in [6.45, 7) is 0.578. The minimum Gasteiger partial charge on any atom is -0.456 e. The third-order valence-corrected chi connectivity index (χ3v) is 4.81. The average molecular weight is 357 g/mol. The number of rotatable bonds is 6. The summed E-state index contributed by atoms with van der Waals surface area (Å²) in [6.07, 6.45) is 4.07. The minimum atomic E-state index is -0.410. The number of nitrogens with zero attached hydrogens (tertiary/aromatic N) is 1. The van der Waals surface area contributed by atoms with Gasteiger partial charge in [-0.25, -0.2) is 0 Å². The molecule has 1 aromatic heterocycles. The van der Waals surface area contributed by atoms with Crippen molar-refractivity contribution in [1.29, 1.82) is 0 Å². The first-order valence-corrected chi connectivity index (χ1v) is 8.82. The van der Waals surface area contributed by atoms with Gasteiger partial charge in [0.25, 0.3) is 5.91 Å². The number of likely N-dealkylation sites (tertiary alicyclic amines) is 1. The molecule has 2 amide bonds. The number of esters is 1. The maximum absolute atomic E-state index is 12.2. The van der Waals surface area contributed by atoms with Gasteiger partial charge in [-0.2, -0.15) is 0 Å². The lowest BCUT2D eigenvalue weighted by atomic mass is 9.97. The Morgan fingerprint density at radius 1 is 1.27 bits per heavy atom. The van der Waals surface area contributed by atoms with Gasteiger partial charge in [-0.1, -0.05) is 18.2 Å². The number of H-pyrrole nitrogens is 1. The summed E-state index contributed by atoms with van der Waals surface area (Å²) in [6, 6.07) is 7.88. The largest absolute Gasteiger partial charge is 0.456 e. The van der Waals surface area contributed by atoms with Crippen LogP contribution >= 0.6 is 0 Å². The van der Waals surface area contributed by atoms with E-state index in [0.29, 0.717) is 25.9 Å². The minimum absolute atomic E-state index is 0.207. The molecular formula is C19H23N3O4. The molecule has 1 saturated heterocycles. The molecule has 0 spiro atoms. The van der Waals surface area contributed by atoms with Crippen molar-refractivity contribution >= 4 is 28.7 Å². The predicted octanol–water partition coefficient (Wildman–Crippen LogP) is 1.37. The lowest BCUT2D eigenvalue weighted by molar-refractivity contribution is -0.153. The molecule has 1 aliphatic rings. The van der Waals surface area contributed by atoms with Crippen molar-refractivity contribution in [2.24, 2.45) is 11.7 Å². The number of fused-ring (bicyclic) bond motifs is 1. The van der Waals surface area contributed by atoms with E-state index in [9.17, 15) is 14.4 Å². The van der Waals surface area contributed by atoms with E-state index in [1.807, 2.05) is 30.5 Å². The molecule has 0 bridgehead atoms. The van der Waals surface area contributed by atoms with E-state index in [1.54, 1.807) is 4.90 Å². The van der Waals surface area contributed by atoms with Crippen LogP contribution in [0.1, 0.15) is 24.8 Å². The van der Waals surface area contributed by atoms with Gasteiger partial charge in [0.2, 0.25) is 5.91 Å². The summed E-state index contributed by atoms with van der Waals surface area (Å²) in [5.74, 6) is -1.40. The number of para-hydroxylation sites is 1. The van der Waals surface area contributed by atoms with E-state index < -0.39 is 11.9 Å². The van der Waals surface area contributed by atoms with Crippen molar-refractivity contribution in [2.75, 3.05) is 19.7 Å². The monoisotopic (exact) mass is 357 g/mol. The summed E-state index contributed by atoms with van der Waals surface area (Å²) in [5, 5.41) is 1.09. The predicted molar refractivity (Wildman–Crippen MR) is 96.1 cm³/mol. The fourth-order valence-electron chi connectivity index (χ4n) is 3.32. The van der Waals surface area contributed by atoms with Gasteiger partial charge in [-0.05, 0) is 30.9 Å². The topological polar surface area (TPSA) is 105 Å². The van der Waals surface area contributed by atoms with Crippen LogP contribution in [0, 0.1) is 5.92 Å². The Balaban J connectivity index is 1.45. The van der Waals surface area contributed by atoms with Crippen molar-refractivity contribution in [3.8, 4) is 0 Å². The summed E-state index contributed by atoms with van der Waals surface area (Å²) >= 11 is 0. The van der Waals surface area contributed by atoms with E-state index in [1.165, 1.54) is 0 Å². The van der Waals surface area contributed by atoms with Gasteiger partial charge in [0.15, 0.2) is 6.61 Å². The Bertz CT molecular complexity index is 814. The number of piperidine rings is 1. The van der Waals surface area contributed by atoms with E-state index in [2.05, 4.69) is 4.98 Å². The van der Waals surface area contributed by atoms with Crippen molar-refractivity contribution in [3.05, 3.63) is 36.0 Å². The van der Waals surface area contributed by atoms with Crippen LogP contribution < -0.4 is 5.73 Å². The zero-order chi connectivity index (χ0) is 18.5. The summed E-state index contributed by atoms with van der Waals surface area (Å²) in [7, 11) is 0. The Labute approximate surface area is 151 Å². The van der Waals surface area contributed by atoms with Gasteiger partial charge in [0.1, 0.15) is 0 Å². The highest BCUT2D eigenvalue weighted by molar-refractivity contribution is 5.84. The van der Waals surface area contributed by atoms with Crippen LogP contribution in [0.25, 0.3) is 10.9 Å². The van der Waals surface area contributed by atoms with Gasteiger partial charge < -0.3 is 20.4 Å². The number of carbonyl (C=O) groups is 3. The van der Waals surface area contributed by atoms with Crippen LogP contribution in [0.3, 0.4) is 0 Å². The molecular weight excluding hydrogens is 334 g/mol. The van der Waals surface area contributed by atoms with E-state index in [-0.39, 0.29) is 24.9 Å². The third-order valence-electron chi connectivity index (χ3n) is 4.81. The molecule has 2 heterocycles. The molecule has 0 saturated carbocycles. The van der Waals surface area contributed by atoms with Crippen LogP contribution in [-0.4, -0.2) is 47.4 Å². The molecule has 26 heavy (non-hydrogen) atoms. The van der Waals surface area contributed by atoms with Gasteiger partial charge in [-0.15, -0.1) is 0 Å². The number of benzene rings is 1. The fraction of sp³-hybridized carbons (Fsp3) is 0.421. The zero-order valence-corrected chi connectivity index (χ0v) is 14.6. The van der Waals surface area contributed by atoms with Gasteiger partial charge in [0.05, 0.1) is 5.92 Å². The number of carbonyl (C=O) groups excluding carboxylic acids is 3. The first-order chi connectivity index (χ1) is 12.5. The number of aryl methyl sites for hydroxylation is 1. The lowest BCUT2D eigenvalue weighted by Gasteiger charge is -2.31. The summed E-state index contributed by atoms with van der Waals surface area (Å²) in [4.78, 5) is 40.1. The van der Waals surface area contributed by atoms with Crippen LogP contribution in [0.15, 0.2) is 30.5 Å². The second-order valence-electron chi connectivity index (χ2n) is 6.60. The lowest BCUT2D eigenvalue weighted by Crippen LogP contribution is -2.45. The Hall–Kier alpha value is -2.83. The van der Waals surface area contributed by atoms with Crippen LogP contribution in [0.2, 0.25) is 0 Å². The Kier molecular flexibility index (Phi) is 5.55. The molecule has 7 heteroatoms. The number of ether oxygens (including phenoxy) is 1. The maximum Gasteiger partial charge on any atom is 0.306 e. The number of amides is 2. The molecule has 2 aromatic rings. The molecule has 3 rings (SSSR count). The first-order valence-electron chi connectivity index (χ1n) is 8.82. The normalized spacial score (nSPS) is 17.2. The molecule has 3 N–H and O–H groups in total. The maximum atomic E-state index is 12.2. The van der Waals surface area contributed by atoms with Crippen molar-refractivity contribution < 1.29 is 19.1 Å². The summed E-state index contributed by atoms with van der Waals surface area (Å²) < 4.78 is 5.11. The second-order valence-corrected chi connectivity index (χ2v) is 6.60. The average Bonchev–Trinajstić information content (AvgIpc) is 3.07. The molecule has 0 unspecified atom stereocenters. The molecule has 1 aliphatic heterocycles. The number of nitrogens with one attached hydrogen (secondary N) is 1. The Morgan fingerprint density at radius 2 is 2.08 bits per heavy atom. The molecule has 0 radical (unpaired) electrons. The summed E-state index contributed by atoms with van der Waals surface area (Å²) in [5.41, 5.74) is 7.39. The standard InChI is InChI=1S/C19H23N3O4/c20-19(25)14-4-3-9-22(11-14)17(23)12-26-18(24)8-7-13-10-21-16-6-2-1-5-15(13)16/h1-2,5-6,10,14,21H,3-4,7-9,11-12H2,(H2,20,25)/t14-/m0/s1. The molecule has 0 aliphatic carbocycles. The molecule has 1 fully saturated rings. The smallest absolute Gasteiger partial charge is 0.306 e. The highest BCUT2D eigenvalue weighted by atomic mass is 16.5. The fourth-order valence-corrected chi connectivity index (χ4v) is 3.32. The molecule has 1 atom stereocenters. The SMILES string of the molecule is NC(=O)[C@H]1CCCN(C(=O)COC(=O)CCc2c[nH]c3ccccc23)C1. The van der Waals surface area contributed by atoms with Gasteiger partial charge in [0, 0.05) is 36.6 Å². The Morgan fingerprint density at radius 3 is 2.88 bits per heavy atom. The number of nitrogens with two attached hydrogens (primary N) is 1. The van der Waals surface area contributed by atoms with E-state index >= 15 is 0 Å². The number of aromatic nitrogens is 1. The number of primary amides is 1. The second kappa shape index (κ2) is 8.03. The van der Waals surface area contributed by atoms with Crippen molar-refractivity contribution in [3.63, 3.8) is 0 Å². The van der Waals surface area contributed by atoms with Crippen molar-refractivity contribution in [2.45, 2.75) is 25.7 Å². The van der Waals surface area contributed by atoms with Crippen LogP contribution in [0.5, 0.6) is 0 Å². The van der Waals surface area contributed by atoms with Crippen LogP contribution in [0.4, 0.5) is 0 Å². The zero-order valence-electron chi connectivity index (χ0n) is 14.6. The van der Waals surface area contributed by atoms with Crippen LogP contribution in [-0.2, 0) is 25.5 Å². The third kappa shape index (κ3) is 4.22. The molecule has 138 valence electrons. The quantitative estimate of drug-likeness (QED) is 0.762. The van der Waals surface area contributed by atoms with Gasteiger partial charge >= 0.3 is 5.97 Å². The first kappa shape index (κ1) is 18.0.